The molecule has 0 saturated heterocycles. The molecule has 0 unspecified atom stereocenters. The molecule has 0 aromatic carbocycles. The molecule has 0 spiro atoms. The minimum absolute atomic E-state index is 0.0210. The molecule has 4 fully saturated rings. The van der Waals surface area contributed by atoms with E-state index >= 15 is 0 Å². The van der Waals surface area contributed by atoms with E-state index in [1.54, 1.807) is 6.92 Å². The summed E-state index contributed by atoms with van der Waals surface area (Å²) < 4.78 is 4.97. The Kier molecular flexibility index (Phi) is 4.15. The zero-order valence-corrected chi connectivity index (χ0v) is 13.3. The molecule has 4 aliphatic rings. The molecular weight excluding hydrogens is 280 g/mol. The highest BCUT2D eigenvalue weighted by Crippen LogP contribution is 2.55. The van der Waals surface area contributed by atoms with E-state index in [0.717, 1.165) is 37.0 Å². The van der Waals surface area contributed by atoms with Gasteiger partial charge in [-0.2, -0.15) is 0 Å². The minimum atomic E-state index is -0.414. The van der Waals surface area contributed by atoms with Gasteiger partial charge in [0.2, 0.25) is 0 Å². The van der Waals surface area contributed by atoms with E-state index in [4.69, 9.17) is 4.74 Å². The van der Waals surface area contributed by atoms with Crippen LogP contribution < -0.4 is 10.6 Å². The highest BCUT2D eigenvalue weighted by molar-refractivity contribution is 5.86. The molecule has 0 aromatic heterocycles. The highest BCUT2D eigenvalue weighted by atomic mass is 16.5. The average molecular weight is 306 g/mol. The second-order valence-corrected chi connectivity index (χ2v) is 7.50. The van der Waals surface area contributed by atoms with E-state index in [1.165, 1.54) is 19.3 Å². The van der Waals surface area contributed by atoms with Gasteiger partial charge >= 0.3 is 12.0 Å². The number of nitrogens with one attached hydrogen (secondary N) is 2. The number of carbonyl (C=O) groups is 2. The summed E-state index contributed by atoms with van der Waals surface area (Å²) in [7, 11) is 0. The van der Waals surface area contributed by atoms with Gasteiger partial charge in [-0.25, -0.2) is 9.59 Å². The summed E-state index contributed by atoms with van der Waals surface area (Å²) in [5.41, 5.74) is 0.394. The van der Waals surface area contributed by atoms with Gasteiger partial charge in [0.25, 0.3) is 0 Å². The Bertz CT molecular complexity index is 451. The summed E-state index contributed by atoms with van der Waals surface area (Å²) in [6, 6.07) is -0.131. The monoisotopic (exact) mass is 306 g/mol. The zero-order chi connectivity index (χ0) is 15.7. The van der Waals surface area contributed by atoms with Crippen LogP contribution in [0.2, 0.25) is 0 Å². The van der Waals surface area contributed by atoms with Crippen molar-refractivity contribution in [2.24, 2.45) is 17.8 Å². The fourth-order valence-corrected chi connectivity index (χ4v) is 4.98. The van der Waals surface area contributed by atoms with Crippen molar-refractivity contribution < 1.29 is 14.3 Å². The van der Waals surface area contributed by atoms with Gasteiger partial charge in [-0.05, 0) is 63.2 Å². The molecule has 2 amide bonds. The maximum absolute atomic E-state index is 12.1. The van der Waals surface area contributed by atoms with Crippen LogP contribution in [0.5, 0.6) is 0 Å². The number of amides is 2. The Morgan fingerprint density at radius 3 is 2.18 bits per heavy atom. The zero-order valence-electron chi connectivity index (χ0n) is 13.3. The van der Waals surface area contributed by atoms with Crippen LogP contribution in [0.1, 0.15) is 45.4 Å². The predicted octanol–water partition coefficient (Wildman–Crippen LogP) is 2.37. The van der Waals surface area contributed by atoms with Gasteiger partial charge < -0.3 is 15.4 Å². The van der Waals surface area contributed by atoms with Crippen molar-refractivity contribution in [1.29, 1.82) is 0 Å². The van der Waals surface area contributed by atoms with Crippen LogP contribution >= 0.6 is 0 Å². The molecule has 4 rings (SSSR count). The molecule has 2 N–H and O–H groups in total. The van der Waals surface area contributed by atoms with Crippen molar-refractivity contribution in [3.05, 3.63) is 12.2 Å². The van der Waals surface area contributed by atoms with Gasteiger partial charge in [0.05, 0.1) is 6.54 Å². The van der Waals surface area contributed by atoms with Crippen LogP contribution in [-0.2, 0) is 9.53 Å². The number of esters is 1. The lowest BCUT2D eigenvalue weighted by Crippen LogP contribution is -2.61. The molecule has 4 saturated carbocycles. The molecule has 0 radical (unpaired) electrons. The normalized spacial score (nSPS) is 35.0. The quantitative estimate of drug-likeness (QED) is 0.465. The standard InChI is InChI=1S/C17H26N2O3/c1-11(2)15(20)22-4-3-18-16(21)19-17-8-12-5-13(9-17)7-14(6-12)10-17/h12-14H,1,3-10H2,2H3,(H2,18,19,21). The molecule has 122 valence electrons. The Labute approximate surface area is 131 Å². The summed E-state index contributed by atoms with van der Waals surface area (Å²) in [6.07, 6.45) is 7.49. The molecule has 4 bridgehead atoms. The Hall–Kier alpha value is -1.52. The van der Waals surface area contributed by atoms with Gasteiger partial charge in [0.1, 0.15) is 6.61 Å². The summed E-state index contributed by atoms with van der Waals surface area (Å²) in [6.45, 7) is 5.63. The third-order valence-electron chi connectivity index (χ3n) is 5.39. The van der Waals surface area contributed by atoms with E-state index < -0.39 is 5.97 Å². The third-order valence-corrected chi connectivity index (χ3v) is 5.39. The molecular formula is C17H26N2O3. The molecule has 22 heavy (non-hydrogen) atoms. The van der Waals surface area contributed by atoms with Crippen molar-refractivity contribution in [2.75, 3.05) is 13.2 Å². The highest BCUT2D eigenvalue weighted by Gasteiger charge is 2.51. The van der Waals surface area contributed by atoms with E-state index in [1.807, 2.05) is 0 Å². The lowest BCUT2D eigenvalue weighted by atomic mass is 9.53. The smallest absolute Gasteiger partial charge is 0.333 e. The van der Waals surface area contributed by atoms with Crippen molar-refractivity contribution in [1.82, 2.24) is 10.6 Å². The first-order valence-electron chi connectivity index (χ1n) is 8.34. The number of ether oxygens (including phenoxy) is 1. The summed E-state index contributed by atoms with van der Waals surface area (Å²) >= 11 is 0. The molecule has 0 heterocycles. The Balaban J connectivity index is 1.42. The van der Waals surface area contributed by atoms with Crippen molar-refractivity contribution in [3.8, 4) is 0 Å². The number of hydrogen-bond donors (Lipinski definition) is 2. The fourth-order valence-electron chi connectivity index (χ4n) is 4.98. The molecule has 4 aliphatic carbocycles. The van der Waals surface area contributed by atoms with Crippen molar-refractivity contribution >= 4 is 12.0 Å². The fraction of sp³-hybridized carbons (Fsp3) is 0.765. The van der Waals surface area contributed by atoms with Crippen LogP contribution in [0.4, 0.5) is 4.79 Å². The average Bonchev–Trinajstić information content (AvgIpc) is 2.41. The van der Waals surface area contributed by atoms with Crippen LogP contribution in [0.15, 0.2) is 12.2 Å². The van der Waals surface area contributed by atoms with Crippen molar-refractivity contribution in [2.45, 2.75) is 51.0 Å². The second kappa shape index (κ2) is 5.94. The van der Waals surface area contributed by atoms with Crippen LogP contribution in [-0.4, -0.2) is 30.7 Å². The number of hydrogen-bond acceptors (Lipinski definition) is 3. The lowest BCUT2D eigenvalue weighted by Gasteiger charge is -2.56. The van der Waals surface area contributed by atoms with Crippen LogP contribution in [0, 0.1) is 17.8 Å². The maximum Gasteiger partial charge on any atom is 0.333 e. The minimum Gasteiger partial charge on any atom is -0.460 e. The number of urea groups is 1. The van der Waals surface area contributed by atoms with Gasteiger partial charge in [-0.3, -0.25) is 0 Å². The van der Waals surface area contributed by atoms with E-state index in [0.29, 0.717) is 12.1 Å². The largest absolute Gasteiger partial charge is 0.460 e. The first-order chi connectivity index (χ1) is 10.5. The first-order valence-corrected chi connectivity index (χ1v) is 8.34. The molecule has 5 heteroatoms. The van der Waals surface area contributed by atoms with Gasteiger partial charge in [-0.15, -0.1) is 0 Å². The maximum atomic E-state index is 12.1. The molecule has 0 aromatic rings. The van der Waals surface area contributed by atoms with Gasteiger partial charge in [0.15, 0.2) is 0 Å². The SMILES string of the molecule is C=C(C)C(=O)OCCNC(=O)NC12CC3CC(CC(C3)C1)C2. The van der Waals surface area contributed by atoms with Gasteiger partial charge in [0, 0.05) is 11.1 Å². The van der Waals surface area contributed by atoms with E-state index in [-0.39, 0.29) is 18.2 Å². The molecule has 5 nitrogen and oxygen atoms in total. The molecule has 0 aliphatic heterocycles. The Morgan fingerprint density at radius 1 is 1.14 bits per heavy atom. The number of carbonyl (C=O) groups excluding carboxylic acids is 2. The van der Waals surface area contributed by atoms with Gasteiger partial charge in [-0.1, -0.05) is 6.58 Å². The first kappa shape index (κ1) is 15.4. The van der Waals surface area contributed by atoms with Crippen LogP contribution in [0.3, 0.4) is 0 Å². The van der Waals surface area contributed by atoms with Crippen LogP contribution in [0.25, 0.3) is 0 Å². The summed E-state index contributed by atoms with van der Waals surface area (Å²) in [4.78, 5) is 23.4. The second-order valence-electron chi connectivity index (χ2n) is 7.50. The topological polar surface area (TPSA) is 67.4 Å². The predicted molar refractivity (Wildman–Crippen MR) is 83.2 cm³/mol. The Morgan fingerprint density at radius 2 is 1.68 bits per heavy atom. The lowest BCUT2D eigenvalue weighted by molar-refractivity contribution is -0.138. The van der Waals surface area contributed by atoms with E-state index in [9.17, 15) is 9.59 Å². The number of rotatable bonds is 5. The third kappa shape index (κ3) is 3.28. The van der Waals surface area contributed by atoms with Crippen molar-refractivity contribution in [3.63, 3.8) is 0 Å². The summed E-state index contributed by atoms with van der Waals surface area (Å²) in [5.74, 6) is 2.01. The summed E-state index contributed by atoms with van der Waals surface area (Å²) in [5, 5.41) is 6.02. The van der Waals surface area contributed by atoms with E-state index in [2.05, 4.69) is 17.2 Å². The molecule has 0 atom stereocenters.